The Morgan fingerprint density at radius 1 is 1.05 bits per heavy atom. The predicted molar refractivity (Wildman–Crippen MR) is 80.0 cm³/mol. The van der Waals surface area contributed by atoms with Crippen molar-refractivity contribution in [3.63, 3.8) is 0 Å². The second-order valence-electron chi connectivity index (χ2n) is 4.38. The van der Waals surface area contributed by atoms with Gasteiger partial charge in [0.1, 0.15) is 5.69 Å². The van der Waals surface area contributed by atoms with Crippen molar-refractivity contribution in [1.29, 1.82) is 0 Å². The van der Waals surface area contributed by atoms with Crippen LogP contribution in [0.1, 0.15) is 0 Å². The molecular formula is C14H10N6S. The van der Waals surface area contributed by atoms with Crippen molar-refractivity contribution < 1.29 is 0 Å². The van der Waals surface area contributed by atoms with Gasteiger partial charge in [0.2, 0.25) is 5.82 Å². The van der Waals surface area contributed by atoms with E-state index in [4.69, 9.17) is 0 Å². The molecule has 3 aromatic heterocycles. The summed E-state index contributed by atoms with van der Waals surface area (Å²) in [6, 6.07) is 14.0. The molecule has 21 heavy (non-hydrogen) atoms. The van der Waals surface area contributed by atoms with Gasteiger partial charge in [-0.2, -0.15) is 10.3 Å². The van der Waals surface area contributed by atoms with E-state index in [1.54, 1.807) is 11.3 Å². The minimum atomic E-state index is 0.542. The first-order chi connectivity index (χ1) is 10.4. The number of tetrazole rings is 1. The van der Waals surface area contributed by atoms with E-state index in [0.29, 0.717) is 5.82 Å². The fourth-order valence-electron chi connectivity index (χ4n) is 2.12. The quantitative estimate of drug-likeness (QED) is 0.630. The van der Waals surface area contributed by atoms with E-state index in [9.17, 15) is 0 Å². The summed E-state index contributed by atoms with van der Waals surface area (Å²) in [4.78, 5) is 1.07. The van der Waals surface area contributed by atoms with Crippen molar-refractivity contribution in [1.82, 2.24) is 30.4 Å². The van der Waals surface area contributed by atoms with Crippen LogP contribution in [0.25, 0.3) is 27.6 Å². The zero-order valence-electron chi connectivity index (χ0n) is 10.8. The molecule has 0 bridgehead atoms. The third-order valence-electron chi connectivity index (χ3n) is 3.08. The van der Waals surface area contributed by atoms with Crippen LogP contribution in [0, 0.1) is 0 Å². The number of para-hydroxylation sites is 1. The highest BCUT2D eigenvalue weighted by Crippen LogP contribution is 2.32. The largest absolute Gasteiger partial charge is 0.240 e. The van der Waals surface area contributed by atoms with Gasteiger partial charge in [0.25, 0.3) is 0 Å². The van der Waals surface area contributed by atoms with Gasteiger partial charge in [-0.1, -0.05) is 24.3 Å². The summed E-state index contributed by atoms with van der Waals surface area (Å²) in [7, 11) is 0. The topological polar surface area (TPSA) is 72.3 Å². The molecule has 0 saturated carbocycles. The van der Waals surface area contributed by atoms with Gasteiger partial charge in [-0.25, -0.2) is 4.68 Å². The van der Waals surface area contributed by atoms with Crippen LogP contribution in [0.5, 0.6) is 0 Å². The molecule has 4 aromatic rings. The highest BCUT2D eigenvalue weighted by atomic mass is 32.1. The Bertz CT molecular complexity index is 781. The molecule has 1 aromatic carbocycles. The van der Waals surface area contributed by atoms with E-state index >= 15 is 0 Å². The number of nitrogens with zero attached hydrogens (tertiary/aromatic N) is 5. The number of rotatable bonds is 3. The summed E-state index contributed by atoms with van der Waals surface area (Å²) in [6.45, 7) is 0. The summed E-state index contributed by atoms with van der Waals surface area (Å²) in [5, 5.41) is 21.0. The normalized spacial score (nSPS) is 10.9. The minimum Gasteiger partial charge on any atom is -0.240 e. The third kappa shape index (κ3) is 2.13. The second-order valence-corrected chi connectivity index (χ2v) is 5.33. The summed E-state index contributed by atoms with van der Waals surface area (Å²) in [5.41, 5.74) is 2.70. The van der Waals surface area contributed by atoms with Crippen LogP contribution in [0.4, 0.5) is 0 Å². The van der Waals surface area contributed by atoms with Crippen molar-refractivity contribution in [3.8, 4) is 27.6 Å². The fourth-order valence-corrected chi connectivity index (χ4v) is 2.85. The van der Waals surface area contributed by atoms with Gasteiger partial charge in [-0.3, -0.25) is 0 Å². The maximum atomic E-state index is 4.68. The van der Waals surface area contributed by atoms with Gasteiger partial charge >= 0.3 is 0 Å². The smallest absolute Gasteiger partial charge is 0.208 e. The molecule has 0 aliphatic carbocycles. The van der Waals surface area contributed by atoms with Gasteiger partial charge in [0.15, 0.2) is 0 Å². The van der Waals surface area contributed by atoms with Crippen molar-refractivity contribution in [2.24, 2.45) is 0 Å². The first kappa shape index (κ1) is 12.0. The Labute approximate surface area is 124 Å². The molecule has 4 rings (SSSR count). The fraction of sp³-hybridized carbons (Fsp3) is 0. The molecule has 7 heteroatoms. The lowest BCUT2D eigenvalue weighted by Gasteiger charge is -1.98. The van der Waals surface area contributed by atoms with Crippen molar-refractivity contribution in [2.45, 2.75) is 0 Å². The third-order valence-corrected chi connectivity index (χ3v) is 3.95. The summed E-state index contributed by atoms with van der Waals surface area (Å²) in [5.74, 6) is 0.542. The van der Waals surface area contributed by atoms with Crippen LogP contribution in [-0.2, 0) is 0 Å². The number of thiophene rings is 1. The summed E-state index contributed by atoms with van der Waals surface area (Å²) in [6.07, 6.45) is 1.93. The van der Waals surface area contributed by atoms with Crippen LogP contribution in [0.2, 0.25) is 0 Å². The molecular weight excluding hydrogens is 284 g/mol. The van der Waals surface area contributed by atoms with Gasteiger partial charge in [0.05, 0.1) is 16.1 Å². The van der Waals surface area contributed by atoms with E-state index in [2.05, 4.69) is 25.7 Å². The SMILES string of the molecule is c1ccc(-n2cc(-c3nn[nH]n3)c(-c3cccs3)n2)cc1. The Kier molecular flexibility index (Phi) is 2.82. The highest BCUT2D eigenvalue weighted by molar-refractivity contribution is 7.13. The average Bonchev–Trinajstić information content (AvgIpc) is 3.27. The highest BCUT2D eigenvalue weighted by Gasteiger charge is 2.17. The molecule has 0 aliphatic rings. The standard InChI is InChI=1S/C14H10N6S/c1-2-5-10(6-3-1)20-9-11(14-15-18-19-16-14)13(17-20)12-7-4-8-21-12/h1-9H,(H,15,16,18,19). The lowest BCUT2D eigenvalue weighted by Crippen LogP contribution is -1.93. The number of aromatic amines is 1. The molecule has 0 radical (unpaired) electrons. The zero-order chi connectivity index (χ0) is 14.1. The molecule has 0 aliphatic heterocycles. The Balaban J connectivity index is 1.91. The Morgan fingerprint density at radius 3 is 2.67 bits per heavy atom. The molecule has 3 heterocycles. The van der Waals surface area contributed by atoms with E-state index in [-0.39, 0.29) is 0 Å². The van der Waals surface area contributed by atoms with Gasteiger partial charge < -0.3 is 0 Å². The number of hydrogen-bond donors (Lipinski definition) is 1. The maximum Gasteiger partial charge on any atom is 0.208 e. The molecule has 6 nitrogen and oxygen atoms in total. The van der Waals surface area contributed by atoms with E-state index in [0.717, 1.165) is 21.8 Å². The molecule has 0 fully saturated rings. The monoisotopic (exact) mass is 294 g/mol. The average molecular weight is 294 g/mol. The molecule has 0 unspecified atom stereocenters. The van der Waals surface area contributed by atoms with E-state index in [1.165, 1.54) is 0 Å². The van der Waals surface area contributed by atoms with Crippen molar-refractivity contribution >= 4 is 11.3 Å². The van der Waals surface area contributed by atoms with Crippen molar-refractivity contribution in [2.75, 3.05) is 0 Å². The Hall–Kier alpha value is -2.80. The zero-order valence-corrected chi connectivity index (χ0v) is 11.7. The van der Waals surface area contributed by atoms with Crippen LogP contribution in [0.15, 0.2) is 54.0 Å². The van der Waals surface area contributed by atoms with E-state index in [1.807, 2.05) is 58.7 Å². The number of hydrogen-bond acceptors (Lipinski definition) is 5. The lowest BCUT2D eigenvalue weighted by molar-refractivity contribution is 0.881. The van der Waals surface area contributed by atoms with Crippen LogP contribution in [-0.4, -0.2) is 30.4 Å². The molecule has 1 N–H and O–H groups in total. The maximum absolute atomic E-state index is 4.68. The summed E-state index contributed by atoms with van der Waals surface area (Å²) >= 11 is 1.63. The molecule has 102 valence electrons. The van der Waals surface area contributed by atoms with Crippen molar-refractivity contribution in [3.05, 3.63) is 54.0 Å². The minimum absolute atomic E-state index is 0.542. The number of benzene rings is 1. The Morgan fingerprint density at radius 2 is 1.95 bits per heavy atom. The molecule has 0 atom stereocenters. The number of nitrogens with one attached hydrogen (secondary N) is 1. The summed E-state index contributed by atoms with van der Waals surface area (Å²) < 4.78 is 1.83. The first-order valence-electron chi connectivity index (χ1n) is 6.34. The number of H-pyrrole nitrogens is 1. The molecule has 0 spiro atoms. The first-order valence-corrected chi connectivity index (χ1v) is 7.22. The van der Waals surface area contributed by atoms with Crippen LogP contribution in [0.3, 0.4) is 0 Å². The predicted octanol–water partition coefficient (Wildman–Crippen LogP) is 2.78. The van der Waals surface area contributed by atoms with Crippen LogP contribution < -0.4 is 0 Å². The molecule has 0 saturated heterocycles. The second kappa shape index (κ2) is 4.95. The van der Waals surface area contributed by atoms with Gasteiger partial charge in [-0.15, -0.1) is 21.5 Å². The molecule has 0 amide bonds. The number of aromatic nitrogens is 6. The van der Waals surface area contributed by atoms with Gasteiger partial charge in [-0.05, 0) is 28.8 Å². The van der Waals surface area contributed by atoms with E-state index < -0.39 is 0 Å². The van der Waals surface area contributed by atoms with Crippen LogP contribution >= 0.6 is 11.3 Å². The van der Waals surface area contributed by atoms with Gasteiger partial charge in [0, 0.05) is 6.20 Å². The lowest BCUT2D eigenvalue weighted by atomic mass is 10.2.